The lowest BCUT2D eigenvalue weighted by atomic mass is 9.94. The van der Waals surface area contributed by atoms with Crippen molar-refractivity contribution in [3.8, 4) is 28.5 Å². The fraction of sp³-hybridized carbons (Fsp3) is 0.308. The number of rotatable bonds is 6. The van der Waals surface area contributed by atoms with E-state index in [9.17, 15) is 18.0 Å². The number of carboxylic acids is 1. The number of hydrogen-bond donors (Lipinski definition) is 1. The van der Waals surface area contributed by atoms with Crippen molar-refractivity contribution >= 4 is 5.97 Å². The van der Waals surface area contributed by atoms with E-state index in [4.69, 9.17) is 19.3 Å². The number of halogens is 3. The number of fused-ring (bicyclic) bond motifs is 2. The maximum absolute atomic E-state index is 13.8. The zero-order valence-electron chi connectivity index (χ0n) is 18.8. The van der Waals surface area contributed by atoms with Gasteiger partial charge in [-0.05, 0) is 35.6 Å². The Hall–Kier alpha value is -3.75. The van der Waals surface area contributed by atoms with Crippen molar-refractivity contribution in [2.45, 2.75) is 37.5 Å². The van der Waals surface area contributed by atoms with Gasteiger partial charge in [0.15, 0.2) is 6.20 Å². The summed E-state index contributed by atoms with van der Waals surface area (Å²) in [6, 6.07) is 11.6. The van der Waals surface area contributed by atoms with Crippen molar-refractivity contribution < 1.29 is 42.3 Å². The average molecular weight is 486 g/mol. The van der Waals surface area contributed by atoms with Crippen LogP contribution in [0.3, 0.4) is 0 Å². The van der Waals surface area contributed by atoms with Gasteiger partial charge in [0, 0.05) is 23.6 Å². The van der Waals surface area contributed by atoms with Crippen LogP contribution in [0.4, 0.5) is 13.2 Å². The highest BCUT2D eigenvalue weighted by Gasteiger charge is 2.39. The van der Waals surface area contributed by atoms with Crippen LogP contribution in [0.1, 0.15) is 47.1 Å². The lowest BCUT2D eigenvalue weighted by molar-refractivity contribution is -0.392. The van der Waals surface area contributed by atoms with E-state index in [1.807, 2.05) is 12.1 Å². The average Bonchev–Trinajstić information content (AvgIpc) is 3.41. The summed E-state index contributed by atoms with van der Waals surface area (Å²) in [7, 11) is 1.33. The van der Waals surface area contributed by atoms with Crippen LogP contribution in [-0.4, -0.2) is 24.8 Å². The van der Waals surface area contributed by atoms with Gasteiger partial charge < -0.3 is 19.3 Å². The molecule has 0 spiro atoms. The van der Waals surface area contributed by atoms with E-state index in [1.54, 1.807) is 24.3 Å². The quantitative estimate of drug-likeness (QED) is 0.517. The SMILES string of the molecule is COc1[nH+]ccc(C(F)(F)F)c1-c1cccc2c1CC[C@H]2Oc1ccc2c(c1)OC[C@H]2CC(=O)O. The predicted molar refractivity (Wildman–Crippen MR) is 119 cm³/mol. The van der Waals surface area contributed by atoms with Gasteiger partial charge in [0.05, 0.1) is 25.7 Å². The number of H-pyrrole nitrogens is 1. The number of aliphatic carboxylic acids is 1. The lowest BCUT2D eigenvalue weighted by Gasteiger charge is -2.17. The molecule has 1 aliphatic carbocycles. The summed E-state index contributed by atoms with van der Waals surface area (Å²) in [6.45, 7) is 0.304. The molecule has 2 atom stereocenters. The Kier molecular flexibility index (Phi) is 5.78. The second-order valence-corrected chi connectivity index (χ2v) is 8.62. The first kappa shape index (κ1) is 23.0. The number of methoxy groups -OCH3 is 1. The van der Waals surface area contributed by atoms with Crippen molar-refractivity contribution in [3.05, 3.63) is 70.9 Å². The van der Waals surface area contributed by atoms with Gasteiger partial charge in [0.25, 0.3) is 0 Å². The number of hydrogen-bond acceptors (Lipinski definition) is 4. The van der Waals surface area contributed by atoms with Crippen LogP contribution >= 0.6 is 0 Å². The lowest BCUT2D eigenvalue weighted by Crippen LogP contribution is -2.16. The van der Waals surface area contributed by atoms with Crippen LogP contribution in [0.5, 0.6) is 17.4 Å². The Balaban J connectivity index is 1.46. The van der Waals surface area contributed by atoms with Crippen molar-refractivity contribution in [1.29, 1.82) is 0 Å². The molecule has 1 aromatic heterocycles. The molecule has 2 aliphatic rings. The molecule has 0 saturated carbocycles. The molecule has 35 heavy (non-hydrogen) atoms. The second-order valence-electron chi connectivity index (χ2n) is 8.62. The molecule has 182 valence electrons. The van der Waals surface area contributed by atoms with Gasteiger partial charge >= 0.3 is 18.0 Å². The molecule has 0 saturated heterocycles. The molecule has 1 aliphatic heterocycles. The summed E-state index contributed by atoms with van der Waals surface area (Å²) in [5, 5.41) is 9.08. The standard InChI is InChI=1S/C26H22F3NO5/c1-33-25-24(20(9-10-30-25)26(27,28)29)19-4-2-3-18-17(19)7-8-21(18)35-15-5-6-16-14(11-23(31)32)13-34-22(16)12-15/h2-6,9-10,12,14,21H,7-8,11,13H2,1H3,(H,31,32)/p+1/t14-,21-/m1/s1. The van der Waals surface area contributed by atoms with Gasteiger partial charge in [0.1, 0.15) is 23.2 Å². The minimum absolute atomic E-state index is 0.00767. The molecule has 5 rings (SSSR count). The molecule has 0 fully saturated rings. The van der Waals surface area contributed by atoms with E-state index in [0.29, 0.717) is 36.5 Å². The number of alkyl halides is 3. The molecule has 2 N–H and O–H groups in total. The molecule has 0 bridgehead atoms. The van der Waals surface area contributed by atoms with Gasteiger partial charge in [-0.1, -0.05) is 24.3 Å². The maximum atomic E-state index is 13.8. The van der Waals surface area contributed by atoms with Crippen molar-refractivity contribution in [1.82, 2.24) is 0 Å². The van der Waals surface area contributed by atoms with Gasteiger partial charge in [-0.15, -0.1) is 0 Å². The van der Waals surface area contributed by atoms with Gasteiger partial charge in [-0.3, -0.25) is 4.79 Å². The molecule has 0 amide bonds. The predicted octanol–water partition coefficient (Wildman–Crippen LogP) is 5.21. The van der Waals surface area contributed by atoms with Crippen LogP contribution in [0.15, 0.2) is 48.7 Å². The summed E-state index contributed by atoms with van der Waals surface area (Å²) in [5.74, 6) is 0.118. The molecule has 2 heterocycles. The van der Waals surface area contributed by atoms with E-state index < -0.39 is 17.7 Å². The van der Waals surface area contributed by atoms with E-state index >= 15 is 0 Å². The summed E-state index contributed by atoms with van der Waals surface area (Å²) in [4.78, 5) is 13.8. The number of benzene rings is 2. The van der Waals surface area contributed by atoms with Crippen LogP contribution in [-0.2, 0) is 17.4 Å². The fourth-order valence-corrected chi connectivity index (χ4v) is 4.99. The third-order valence-corrected chi connectivity index (χ3v) is 6.52. The number of aromatic amines is 1. The summed E-state index contributed by atoms with van der Waals surface area (Å²) >= 11 is 0. The monoisotopic (exact) mass is 486 g/mol. The number of pyridine rings is 1. The van der Waals surface area contributed by atoms with Crippen molar-refractivity contribution in [3.63, 3.8) is 0 Å². The Labute approximate surface area is 199 Å². The van der Waals surface area contributed by atoms with Crippen LogP contribution in [0.2, 0.25) is 0 Å². The van der Waals surface area contributed by atoms with Crippen molar-refractivity contribution in [2.75, 3.05) is 13.7 Å². The van der Waals surface area contributed by atoms with E-state index in [2.05, 4.69) is 4.98 Å². The highest BCUT2D eigenvalue weighted by molar-refractivity contribution is 5.76. The van der Waals surface area contributed by atoms with E-state index in [0.717, 1.165) is 22.8 Å². The first-order chi connectivity index (χ1) is 16.8. The normalized spacial score (nSPS) is 18.5. The number of carbonyl (C=O) groups is 1. The number of carboxylic acid groups (broad SMARTS) is 1. The number of ether oxygens (including phenoxy) is 3. The highest BCUT2D eigenvalue weighted by Crippen LogP contribution is 2.46. The number of aromatic nitrogens is 1. The van der Waals surface area contributed by atoms with Gasteiger partial charge in [0.2, 0.25) is 0 Å². The third kappa shape index (κ3) is 4.26. The van der Waals surface area contributed by atoms with Gasteiger partial charge in [-0.2, -0.15) is 18.2 Å². The topological polar surface area (TPSA) is 79.1 Å². The zero-order chi connectivity index (χ0) is 24.7. The first-order valence-corrected chi connectivity index (χ1v) is 11.2. The fourth-order valence-electron chi connectivity index (χ4n) is 4.99. The Morgan fingerprint density at radius 3 is 2.77 bits per heavy atom. The third-order valence-electron chi connectivity index (χ3n) is 6.52. The molecule has 0 unspecified atom stereocenters. The van der Waals surface area contributed by atoms with Gasteiger partial charge in [-0.25, -0.2) is 0 Å². The minimum Gasteiger partial charge on any atom is -0.492 e. The highest BCUT2D eigenvalue weighted by atomic mass is 19.4. The Bertz CT molecular complexity index is 1290. The minimum atomic E-state index is -4.54. The summed E-state index contributed by atoms with van der Waals surface area (Å²) in [5.41, 5.74) is 2.13. The molecule has 3 aromatic rings. The van der Waals surface area contributed by atoms with E-state index in [-0.39, 0.29) is 29.9 Å². The second kappa shape index (κ2) is 8.79. The molecular formula is C26H23F3NO5+. The van der Waals surface area contributed by atoms with Crippen LogP contribution in [0.25, 0.3) is 11.1 Å². The smallest absolute Gasteiger partial charge is 0.417 e. The summed E-state index contributed by atoms with van der Waals surface area (Å²) < 4.78 is 58.7. The van der Waals surface area contributed by atoms with Crippen molar-refractivity contribution in [2.24, 2.45) is 0 Å². The zero-order valence-corrected chi connectivity index (χ0v) is 18.8. The van der Waals surface area contributed by atoms with E-state index in [1.165, 1.54) is 13.3 Å². The number of nitrogens with one attached hydrogen (secondary N) is 1. The van der Waals surface area contributed by atoms with Crippen LogP contribution in [0, 0.1) is 0 Å². The molecule has 2 aromatic carbocycles. The summed E-state index contributed by atoms with van der Waals surface area (Å²) in [6.07, 6.45) is -2.52. The Morgan fingerprint density at radius 1 is 1.20 bits per heavy atom. The molecule has 6 nitrogen and oxygen atoms in total. The Morgan fingerprint density at radius 2 is 2.03 bits per heavy atom. The first-order valence-electron chi connectivity index (χ1n) is 11.2. The molecule has 9 heteroatoms. The van der Waals surface area contributed by atoms with Crippen LogP contribution < -0.4 is 19.2 Å². The molecular weight excluding hydrogens is 463 g/mol. The molecule has 0 radical (unpaired) electrons. The maximum Gasteiger partial charge on any atom is 0.417 e. The largest absolute Gasteiger partial charge is 0.492 e.